The summed E-state index contributed by atoms with van der Waals surface area (Å²) in [5.74, 6) is 0.387. The van der Waals surface area contributed by atoms with Gasteiger partial charge in [-0.25, -0.2) is 4.79 Å². The minimum absolute atomic E-state index is 0.215. The third kappa shape index (κ3) is 2.71. The zero-order valence-corrected chi connectivity index (χ0v) is 11.3. The van der Waals surface area contributed by atoms with Gasteiger partial charge < -0.3 is 9.84 Å². The molecule has 3 nitrogen and oxygen atoms in total. The third-order valence-electron chi connectivity index (χ3n) is 2.49. The fraction of sp³-hybridized carbons (Fsp3) is 0.0714. The number of ether oxygens (including phenoxy) is 1. The second-order valence-corrected chi connectivity index (χ2v) is 4.67. The summed E-state index contributed by atoms with van der Waals surface area (Å²) in [6, 6.07) is 12.5. The number of aryl methyl sites for hydroxylation is 1. The first-order chi connectivity index (χ1) is 8.58. The van der Waals surface area contributed by atoms with E-state index < -0.39 is 5.97 Å². The quantitative estimate of drug-likeness (QED) is 0.922. The molecular weight excluding hydrogens is 296 g/mol. The van der Waals surface area contributed by atoms with Crippen LogP contribution in [0.4, 0.5) is 0 Å². The van der Waals surface area contributed by atoms with Crippen LogP contribution in [-0.2, 0) is 0 Å². The minimum atomic E-state index is -0.968. The number of rotatable bonds is 3. The Kier molecular flexibility index (Phi) is 3.67. The highest BCUT2D eigenvalue weighted by Gasteiger charge is 2.09. The topological polar surface area (TPSA) is 46.5 Å². The zero-order chi connectivity index (χ0) is 13.1. The minimum Gasteiger partial charge on any atom is -0.478 e. The van der Waals surface area contributed by atoms with Crippen molar-refractivity contribution in [1.82, 2.24) is 0 Å². The Morgan fingerprint density at radius 3 is 2.56 bits per heavy atom. The molecule has 18 heavy (non-hydrogen) atoms. The molecule has 0 amide bonds. The van der Waals surface area contributed by atoms with Gasteiger partial charge in [-0.15, -0.1) is 0 Å². The molecule has 2 rings (SSSR count). The summed E-state index contributed by atoms with van der Waals surface area (Å²) >= 11 is 3.22. The van der Waals surface area contributed by atoms with Crippen molar-refractivity contribution in [2.45, 2.75) is 6.92 Å². The van der Waals surface area contributed by atoms with Crippen molar-refractivity contribution in [2.24, 2.45) is 0 Å². The molecule has 0 saturated carbocycles. The van der Waals surface area contributed by atoms with Gasteiger partial charge in [0.25, 0.3) is 0 Å². The Bertz CT molecular complexity index is 593. The van der Waals surface area contributed by atoms with Crippen LogP contribution in [0.2, 0.25) is 0 Å². The Morgan fingerprint density at radius 2 is 1.94 bits per heavy atom. The van der Waals surface area contributed by atoms with E-state index in [1.807, 2.05) is 31.2 Å². The van der Waals surface area contributed by atoms with Gasteiger partial charge in [0, 0.05) is 4.47 Å². The lowest BCUT2D eigenvalue weighted by atomic mass is 10.2. The number of halogens is 1. The van der Waals surface area contributed by atoms with E-state index in [9.17, 15) is 4.79 Å². The Hall–Kier alpha value is -1.81. The molecule has 0 spiro atoms. The molecule has 0 aromatic heterocycles. The van der Waals surface area contributed by atoms with Crippen LogP contribution in [0.3, 0.4) is 0 Å². The molecule has 0 aliphatic heterocycles. The number of para-hydroxylation sites is 1. The maximum absolute atomic E-state index is 10.9. The zero-order valence-electron chi connectivity index (χ0n) is 9.68. The number of aromatic carboxylic acids is 1. The summed E-state index contributed by atoms with van der Waals surface area (Å²) in [5.41, 5.74) is 1.24. The number of carbonyl (C=O) groups is 1. The molecule has 0 bridgehead atoms. The fourth-order valence-corrected chi connectivity index (χ4v) is 2.06. The normalized spacial score (nSPS) is 10.1. The van der Waals surface area contributed by atoms with E-state index in [0.29, 0.717) is 10.2 Å². The predicted octanol–water partition coefficient (Wildman–Crippen LogP) is 4.25. The van der Waals surface area contributed by atoms with Gasteiger partial charge in [-0.2, -0.15) is 0 Å². The summed E-state index contributed by atoms with van der Waals surface area (Å²) in [7, 11) is 0. The summed E-state index contributed by atoms with van der Waals surface area (Å²) < 4.78 is 6.20. The van der Waals surface area contributed by atoms with Crippen molar-refractivity contribution in [1.29, 1.82) is 0 Å². The van der Waals surface area contributed by atoms with Crippen molar-refractivity contribution in [3.63, 3.8) is 0 Å². The number of carboxylic acid groups (broad SMARTS) is 1. The molecular formula is C14H11BrO3. The molecule has 0 radical (unpaired) electrons. The molecule has 0 heterocycles. The fourth-order valence-electron chi connectivity index (χ4n) is 1.53. The standard InChI is InChI=1S/C14H11BrO3/c1-9-4-2-3-5-13(9)18-10-6-7-11(14(16)17)12(15)8-10/h2-8H,1H3,(H,16,17). The van der Waals surface area contributed by atoms with Crippen LogP contribution in [-0.4, -0.2) is 11.1 Å². The maximum atomic E-state index is 10.9. The van der Waals surface area contributed by atoms with Gasteiger partial charge in [0.05, 0.1) is 5.56 Å². The van der Waals surface area contributed by atoms with Crippen molar-refractivity contribution < 1.29 is 14.6 Å². The smallest absolute Gasteiger partial charge is 0.336 e. The van der Waals surface area contributed by atoms with Gasteiger partial charge in [-0.1, -0.05) is 18.2 Å². The van der Waals surface area contributed by atoms with Gasteiger partial charge >= 0.3 is 5.97 Å². The molecule has 0 fully saturated rings. The average Bonchev–Trinajstić information content (AvgIpc) is 2.32. The van der Waals surface area contributed by atoms with Crippen LogP contribution in [0.15, 0.2) is 46.9 Å². The van der Waals surface area contributed by atoms with Gasteiger partial charge in [0.1, 0.15) is 11.5 Å². The van der Waals surface area contributed by atoms with Crippen LogP contribution in [0.5, 0.6) is 11.5 Å². The molecule has 4 heteroatoms. The third-order valence-corrected chi connectivity index (χ3v) is 3.15. The molecule has 0 unspecified atom stereocenters. The van der Waals surface area contributed by atoms with Crippen LogP contribution in [0.25, 0.3) is 0 Å². The summed E-state index contributed by atoms with van der Waals surface area (Å²) in [5, 5.41) is 8.92. The molecule has 0 saturated heterocycles. The van der Waals surface area contributed by atoms with Crippen LogP contribution < -0.4 is 4.74 Å². The van der Waals surface area contributed by atoms with Crippen LogP contribution >= 0.6 is 15.9 Å². The Balaban J connectivity index is 2.29. The first-order valence-electron chi connectivity index (χ1n) is 5.34. The van der Waals surface area contributed by atoms with E-state index in [-0.39, 0.29) is 5.56 Å². The summed E-state index contributed by atoms with van der Waals surface area (Å²) in [6.07, 6.45) is 0. The number of benzene rings is 2. The second-order valence-electron chi connectivity index (χ2n) is 3.81. The number of hydrogen-bond acceptors (Lipinski definition) is 2. The van der Waals surface area contributed by atoms with Gasteiger partial charge in [-0.05, 0) is 52.7 Å². The molecule has 2 aromatic rings. The molecule has 0 aliphatic rings. The average molecular weight is 307 g/mol. The lowest BCUT2D eigenvalue weighted by Crippen LogP contribution is -1.97. The van der Waals surface area contributed by atoms with Crippen molar-refractivity contribution in [3.8, 4) is 11.5 Å². The molecule has 92 valence electrons. The molecule has 0 aliphatic carbocycles. The molecule has 0 atom stereocenters. The van der Waals surface area contributed by atoms with Crippen molar-refractivity contribution >= 4 is 21.9 Å². The van der Waals surface area contributed by atoms with Gasteiger partial charge in [0.2, 0.25) is 0 Å². The summed E-state index contributed by atoms with van der Waals surface area (Å²) in [6.45, 7) is 1.95. The Labute approximate surface area is 113 Å². The lowest BCUT2D eigenvalue weighted by molar-refractivity contribution is 0.0696. The lowest BCUT2D eigenvalue weighted by Gasteiger charge is -2.09. The van der Waals surface area contributed by atoms with Crippen LogP contribution in [0, 0.1) is 6.92 Å². The largest absolute Gasteiger partial charge is 0.478 e. The highest BCUT2D eigenvalue weighted by Crippen LogP contribution is 2.28. The van der Waals surface area contributed by atoms with E-state index in [2.05, 4.69) is 15.9 Å². The maximum Gasteiger partial charge on any atom is 0.336 e. The Morgan fingerprint density at radius 1 is 1.22 bits per heavy atom. The van der Waals surface area contributed by atoms with Crippen molar-refractivity contribution in [2.75, 3.05) is 0 Å². The monoisotopic (exact) mass is 306 g/mol. The second kappa shape index (κ2) is 5.23. The molecule has 1 N–H and O–H groups in total. The van der Waals surface area contributed by atoms with Gasteiger partial charge in [-0.3, -0.25) is 0 Å². The van der Waals surface area contributed by atoms with E-state index in [0.717, 1.165) is 11.3 Å². The first-order valence-corrected chi connectivity index (χ1v) is 6.13. The predicted molar refractivity (Wildman–Crippen MR) is 72.4 cm³/mol. The SMILES string of the molecule is Cc1ccccc1Oc1ccc(C(=O)O)c(Br)c1. The summed E-state index contributed by atoms with van der Waals surface area (Å²) in [4.78, 5) is 10.9. The number of hydrogen-bond donors (Lipinski definition) is 1. The van der Waals surface area contributed by atoms with E-state index >= 15 is 0 Å². The number of carboxylic acids is 1. The van der Waals surface area contributed by atoms with E-state index in [1.54, 1.807) is 12.1 Å². The highest BCUT2D eigenvalue weighted by atomic mass is 79.9. The van der Waals surface area contributed by atoms with E-state index in [1.165, 1.54) is 6.07 Å². The van der Waals surface area contributed by atoms with Gasteiger partial charge in [0.15, 0.2) is 0 Å². The van der Waals surface area contributed by atoms with Crippen LogP contribution in [0.1, 0.15) is 15.9 Å². The first kappa shape index (κ1) is 12.6. The molecule has 2 aromatic carbocycles. The van der Waals surface area contributed by atoms with Crippen molar-refractivity contribution in [3.05, 3.63) is 58.1 Å². The highest BCUT2D eigenvalue weighted by molar-refractivity contribution is 9.10. The van der Waals surface area contributed by atoms with E-state index in [4.69, 9.17) is 9.84 Å².